The van der Waals surface area contributed by atoms with Crippen LogP contribution >= 0.6 is 0 Å². The minimum absolute atomic E-state index is 0.120. The van der Waals surface area contributed by atoms with Crippen LogP contribution in [0.15, 0.2) is 48.8 Å². The van der Waals surface area contributed by atoms with Gasteiger partial charge < -0.3 is 14.9 Å². The number of nitrogens with zero attached hydrogens (tertiary/aromatic N) is 1. The molecular formula is C25H23F2NO5. The second-order valence-electron chi connectivity index (χ2n) is 7.77. The summed E-state index contributed by atoms with van der Waals surface area (Å²) in [6, 6.07) is 4.22. The van der Waals surface area contributed by atoms with Crippen LogP contribution in [0.5, 0.6) is 11.5 Å². The molecule has 172 valence electrons. The highest BCUT2D eigenvalue weighted by atomic mass is 19.1. The lowest BCUT2D eigenvalue weighted by Crippen LogP contribution is -2.22. The summed E-state index contributed by atoms with van der Waals surface area (Å²) in [6.07, 6.45) is 5.59. The Kier molecular flexibility index (Phi) is 7.06. The molecule has 1 aromatic heterocycles. The number of Topliss-reactive ketones (excluding diaryl/α,β-unsaturated/α-hetero) is 1. The maximum atomic E-state index is 14.8. The zero-order valence-electron chi connectivity index (χ0n) is 18.1. The van der Waals surface area contributed by atoms with Crippen molar-refractivity contribution < 1.29 is 33.3 Å². The van der Waals surface area contributed by atoms with E-state index < -0.39 is 41.8 Å². The van der Waals surface area contributed by atoms with Crippen molar-refractivity contribution in [3.8, 4) is 11.5 Å². The van der Waals surface area contributed by atoms with Crippen molar-refractivity contribution >= 4 is 17.8 Å². The molecule has 0 spiro atoms. The van der Waals surface area contributed by atoms with Gasteiger partial charge in [0.25, 0.3) is 0 Å². The van der Waals surface area contributed by atoms with Gasteiger partial charge in [0.05, 0.1) is 0 Å². The summed E-state index contributed by atoms with van der Waals surface area (Å²) in [5.41, 5.74) is 1.51. The standard InChI is InChI=1S/C25H23F2NO5/c1-4-15-10-21(33-12-22(30)31)23(27)14(3)19(15)11-17-6-8-20(29)24(28-17)25(32)18-7-5-16(26)9-13(18)2/h4-10,13,18,29H,1,11-12H2,2-3H3,(H,30,31). The summed E-state index contributed by atoms with van der Waals surface area (Å²) >= 11 is 0. The van der Waals surface area contributed by atoms with Crippen molar-refractivity contribution in [2.24, 2.45) is 11.8 Å². The molecule has 0 aliphatic heterocycles. The van der Waals surface area contributed by atoms with E-state index in [4.69, 9.17) is 9.84 Å². The van der Waals surface area contributed by atoms with Crippen molar-refractivity contribution in [1.29, 1.82) is 0 Å². The second-order valence-corrected chi connectivity index (χ2v) is 7.77. The molecule has 2 N–H and O–H groups in total. The van der Waals surface area contributed by atoms with Gasteiger partial charge in [-0.15, -0.1) is 0 Å². The molecule has 1 aliphatic rings. The predicted molar refractivity (Wildman–Crippen MR) is 118 cm³/mol. The Hall–Kier alpha value is -3.81. The van der Waals surface area contributed by atoms with Crippen molar-refractivity contribution in [3.05, 3.63) is 82.7 Å². The number of pyridine rings is 1. The first-order valence-electron chi connectivity index (χ1n) is 10.2. The van der Waals surface area contributed by atoms with Gasteiger partial charge in [-0.1, -0.05) is 25.7 Å². The number of rotatable bonds is 8. The molecular weight excluding hydrogens is 432 g/mol. The second kappa shape index (κ2) is 9.77. The first-order chi connectivity index (χ1) is 15.6. The van der Waals surface area contributed by atoms with E-state index in [0.717, 1.165) is 0 Å². The molecule has 0 bridgehead atoms. The van der Waals surface area contributed by atoms with Crippen LogP contribution in [0.2, 0.25) is 0 Å². The fraction of sp³-hybridized carbons (Fsp3) is 0.240. The average Bonchev–Trinajstić information content (AvgIpc) is 2.77. The Morgan fingerprint density at radius 2 is 2.03 bits per heavy atom. The number of hydrogen-bond donors (Lipinski definition) is 2. The van der Waals surface area contributed by atoms with E-state index in [9.17, 15) is 23.5 Å². The fourth-order valence-electron chi connectivity index (χ4n) is 3.71. The molecule has 3 rings (SSSR count). The van der Waals surface area contributed by atoms with Crippen molar-refractivity contribution in [2.75, 3.05) is 6.61 Å². The van der Waals surface area contributed by atoms with Crippen LogP contribution in [-0.2, 0) is 11.2 Å². The zero-order valence-corrected chi connectivity index (χ0v) is 18.1. The van der Waals surface area contributed by atoms with Gasteiger partial charge in [0, 0.05) is 18.0 Å². The van der Waals surface area contributed by atoms with E-state index in [1.54, 1.807) is 6.92 Å². The third-order valence-corrected chi connectivity index (χ3v) is 5.48. The summed E-state index contributed by atoms with van der Waals surface area (Å²) in [4.78, 5) is 28.0. The quantitative estimate of drug-likeness (QED) is 0.556. The van der Waals surface area contributed by atoms with E-state index in [1.165, 1.54) is 49.4 Å². The van der Waals surface area contributed by atoms with Gasteiger partial charge in [-0.3, -0.25) is 4.79 Å². The minimum Gasteiger partial charge on any atom is -0.506 e. The lowest BCUT2D eigenvalue weighted by Gasteiger charge is -2.20. The van der Waals surface area contributed by atoms with Gasteiger partial charge in [0.15, 0.2) is 24.0 Å². The van der Waals surface area contributed by atoms with Crippen molar-refractivity contribution in [2.45, 2.75) is 20.3 Å². The Morgan fingerprint density at radius 3 is 2.67 bits per heavy atom. The number of carbonyl (C=O) groups excluding carboxylic acids is 1. The highest BCUT2D eigenvalue weighted by Crippen LogP contribution is 2.32. The molecule has 2 aromatic rings. The number of aliphatic carboxylic acids is 1. The molecule has 33 heavy (non-hydrogen) atoms. The lowest BCUT2D eigenvalue weighted by atomic mass is 9.84. The molecule has 1 aromatic carbocycles. The van der Waals surface area contributed by atoms with Gasteiger partial charge in [0.2, 0.25) is 0 Å². The number of hydrogen-bond acceptors (Lipinski definition) is 5. The molecule has 2 atom stereocenters. The summed E-state index contributed by atoms with van der Waals surface area (Å²) in [6.45, 7) is 6.25. The van der Waals surface area contributed by atoms with E-state index in [-0.39, 0.29) is 29.2 Å². The number of benzene rings is 1. The number of halogens is 2. The highest BCUT2D eigenvalue weighted by Gasteiger charge is 2.28. The van der Waals surface area contributed by atoms with Crippen LogP contribution < -0.4 is 4.74 Å². The third-order valence-electron chi connectivity index (χ3n) is 5.48. The van der Waals surface area contributed by atoms with Crippen LogP contribution in [0.3, 0.4) is 0 Å². The molecule has 6 nitrogen and oxygen atoms in total. The molecule has 0 saturated heterocycles. The Morgan fingerprint density at radius 1 is 1.30 bits per heavy atom. The molecule has 0 amide bonds. The zero-order chi connectivity index (χ0) is 24.3. The predicted octanol–water partition coefficient (Wildman–Crippen LogP) is 4.79. The fourth-order valence-corrected chi connectivity index (χ4v) is 3.71. The molecule has 1 aliphatic carbocycles. The summed E-state index contributed by atoms with van der Waals surface area (Å²) < 4.78 is 33.3. The first-order valence-corrected chi connectivity index (χ1v) is 10.2. The van der Waals surface area contributed by atoms with Crippen LogP contribution in [-0.4, -0.2) is 33.6 Å². The van der Waals surface area contributed by atoms with Gasteiger partial charge in [0.1, 0.15) is 17.3 Å². The van der Waals surface area contributed by atoms with E-state index >= 15 is 0 Å². The number of allylic oxidation sites excluding steroid dienone is 4. The van der Waals surface area contributed by atoms with Gasteiger partial charge in [-0.05, 0) is 59.9 Å². The molecule has 1 heterocycles. The Labute approximate surface area is 189 Å². The summed E-state index contributed by atoms with van der Waals surface area (Å²) in [5, 5.41) is 19.0. The number of carboxylic acid groups (broad SMARTS) is 1. The first kappa shape index (κ1) is 23.8. The van der Waals surface area contributed by atoms with Crippen LogP contribution in [0.1, 0.15) is 39.8 Å². The number of aromatic hydroxyl groups is 1. The molecule has 0 radical (unpaired) electrons. The van der Waals surface area contributed by atoms with E-state index in [2.05, 4.69) is 11.6 Å². The van der Waals surface area contributed by atoms with Gasteiger partial charge in [-0.2, -0.15) is 0 Å². The molecule has 8 heteroatoms. The van der Waals surface area contributed by atoms with E-state index in [1.807, 2.05) is 0 Å². The average molecular weight is 455 g/mol. The highest BCUT2D eigenvalue weighted by molar-refractivity contribution is 6.00. The van der Waals surface area contributed by atoms with Gasteiger partial charge in [-0.25, -0.2) is 18.6 Å². The SMILES string of the molecule is C=Cc1cc(OCC(=O)O)c(F)c(C)c1Cc1ccc(O)c(C(=O)C2C=CC(F)=CC2C)n1. The van der Waals surface area contributed by atoms with Crippen LogP contribution in [0.4, 0.5) is 8.78 Å². The molecule has 0 fully saturated rings. The number of ketones is 1. The monoisotopic (exact) mass is 455 g/mol. The van der Waals surface area contributed by atoms with Gasteiger partial charge >= 0.3 is 5.97 Å². The number of aromatic nitrogens is 1. The summed E-state index contributed by atoms with van der Waals surface area (Å²) in [7, 11) is 0. The minimum atomic E-state index is -1.23. The lowest BCUT2D eigenvalue weighted by molar-refractivity contribution is -0.139. The molecule has 2 unspecified atom stereocenters. The molecule has 0 saturated carbocycles. The Bertz CT molecular complexity index is 1190. The van der Waals surface area contributed by atoms with Crippen molar-refractivity contribution in [1.82, 2.24) is 4.98 Å². The van der Waals surface area contributed by atoms with Crippen LogP contribution in [0, 0.1) is 24.6 Å². The van der Waals surface area contributed by atoms with Crippen molar-refractivity contribution in [3.63, 3.8) is 0 Å². The largest absolute Gasteiger partial charge is 0.506 e. The Balaban J connectivity index is 1.94. The van der Waals surface area contributed by atoms with E-state index in [0.29, 0.717) is 16.8 Å². The number of ether oxygens (including phenoxy) is 1. The smallest absolute Gasteiger partial charge is 0.341 e. The maximum absolute atomic E-state index is 14.8. The number of carbonyl (C=O) groups is 2. The summed E-state index contributed by atoms with van der Waals surface area (Å²) in [5.74, 6) is -4.41. The maximum Gasteiger partial charge on any atom is 0.341 e. The van der Waals surface area contributed by atoms with Crippen LogP contribution in [0.25, 0.3) is 6.08 Å². The number of carboxylic acids is 1. The topological polar surface area (TPSA) is 96.7 Å². The third kappa shape index (κ3) is 5.16. The normalized spacial score (nSPS) is 17.4.